The molecule has 0 radical (unpaired) electrons. The Labute approximate surface area is 119 Å². The molecule has 0 aliphatic heterocycles. The third-order valence-corrected chi connectivity index (χ3v) is 4.48. The maximum atomic E-state index is 11.8. The Kier molecular flexibility index (Phi) is 6.12. The van der Waals surface area contributed by atoms with Crippen molar-refractivity contribution in [2.45, 2.75) is 25.2 Å². The van der Waals surface area contributed by atoms with Crippen molar-refractivity contribution >= 4 is 21.6 Å². The van der Waals surface area contributed by atoms with Crippen LogP contribution in [0.15, 0.2) is 29.2 Å². The molecule has 0 bridgehead atoms. The molecular weight excluding hydrogens is 278 g/mol. The molecule has 0 aromatic heterocycles. The van der Waals surface area contributed by atoms with Gasteiger partial charge in [-0.2, -0.15) is 0 Å². The van der Waals surface area contributed by atoms with Crippen molar-refractivity contribution in [3.63, 3.8) is 0 Å². The van der Waals surface area contributed by atoms with Crippen LogP contribution in [0.25, 0.3) is 0 Å². The van der Waals surface area contributed by atoms with E-state index in [2.05, 4.69) is 10.0 Å². The number of nitrogens with one attached hydrogen (secondary N) is 2. The van der Waals surface area contributed by atoms with Crippen LogP contribution in [-0.2, 0) is 14.8 Å². The number of hydrogen-bond acceptors (Lipinski definition) is 4. The van der Waals surface area contributed by atoms with Crippen LogP contribution in [0.4, 0.5) is 5.69 Å². The monoisotopic (exact) mass is 299 g/mol. The molecule has 1 unspecified atom stereocenters. The first kappa shape index (κ1) is 16.6. The fourth-order valence-electron chi connectivity index (χ4n) is 1.69. The highest BCUT2D eigenvalue weighted by Crippen LogP contribution is 2.15. The molecule has 0 saturated carbocycles. The molecule has 7 heteroatoms. The fourth-order valence-corrected chi connectivity index (χ4v) is 2.74. The summed E-state index contributed by atoms with van der Waals surface area (Å²) in [5.41, 5.74) is 6.06. The molecule has 1 amide bonds. The van der Waals surface area contributed by atoms with Gasteiger partial charge in [-0.15, -0.1) is 0 Å². The number of carbonyl (C=O) groups is 1. The lowest BCUT2D eigenvalue weighted by molar-refractivity contribution is -0.119. The SMILES string of the molecule is CCNS(=O)(=O)c1ccc(NC(=O)C(CC)CN)cc1. The predicted molar refractivity (Wildman–Crippen MR) is 78.8 cm³/mol. The molecule has 0 spiro atoms. The van der Waals surface area contributed by atoms with E-state index in [1.54, 1.807) is 19.1 Å². The number of rotatable bonds is 7. The molecule has 112 valence electrons. The van der Waals surface area contributed by atoms with Crippen molar-refractivity contribution in [2.75, 3.05) is 18.4 Å². The molecular formula is C13H21N3O3S. The van der Waals surface area contributed by atoms with Crippen molar-refractivity contribution in [3.05, 3.63) is 24.3 Å². The molecule has 20 heavy (non-hydrogen) atoms. The van der Waals surface area contributed by atoms with Crippen LogP contribution in [0.5, 0.6) is 0 Å². The Morgan fingerprint density at radius 3 is 2.30 bits per heavy atom. The number of carbonyl (C=O) groups excluding carboxylic acids is 1. The van der Waals surface area contributed by atoms with Crippen LogP contribution in [0.1, 0.15) is 20.3 Å². The number of sulfonamides is 1. The predicted octanol–water partition coefficient (Wildman–Crippen LogP) is 0.908. The van der Waals surface area contributed by atoms with Gasteiger partial charge >= 0.3 is 0 Å². The van der Waals surface area contributed by atoms with Crippen LogP contribution >= 0.6 is 0 Å². The second kappa shape index (κ2) is 7.37. The lowest BCUT2D eigenvalue weighted by atomic mass is 10.1. The first-order valence-electron chi connectivity index (χ1n) is 6.55. The van der Waals surface area contributed by atoms with E-state index in [0.717, 1.165) is 0 Å². The summed E-state index contributed by atoms with van der Waals surface area (Å²) in [7, 11) is -3.46. The lowest BCUT2D eigenvalue weighted by Gasteiger charge is -2.13. The van der Waals surface area contributed by atoms with Crippen LogP contribution in [0, 0.1) is 5.92 Å². The van der Waals surface area contributed by atoms with E-state index in [9.17, 15) is 13.2 Å². The quantitative estimate of drug-likeness (QED) is 0.696. The Balaban J connectivity index is 2.80. The van der Waals surface area contributed by atoms with Gasteiger partial charge in [0.25, 0.3) is 0 Å². The summed E-state index contributed by atoms with van der Waals surface area (Å²) in [6.45, 7) is 4.22. The maximum absolute atomic E-state index is 11.8. The van der Waals surface area contributed by atoms with Crippen LogP contribution < -0.4 is 15.8 Å². The number of nitrogens with two attached hydrogens (primary N) is 1. The minimum Gasteiger partial charge on any atom is -0.330 e. The minimum absolute atomic E-state index is 0.155. The molecule has 6 nitrogen and oxygen atoms in total. The van der Waals surface area contributed by atoms with Gasteiger partial charge in [-0.3, -0.25) is 4.79 Å². The molecule has 0 heterocycles. The van der Waals surface area contributed by atoms with E-state index >= 15 is 0 Å². The zero-order valence-electron chi connectivity index (χ0n) is 11.7. The highest BCUT2D eigenvalue weighted by molar-refractivity contribution is 7.89. The summed E-state index contributed by atoms with van der Waals surface area (Å²) in [6.07, 6.45) is 0.662. The summed E-state index contributed by atoms with van der Waals surface area (Å²) in [5.74, 6) is -0.391. The molecule has 0 fully saturated rings. The largest absolute Gasteiger partial charge is 0.330 e. The summed E-state index contributed by atoms with van der Waals surface area (Å²) < 4.78 is 25.9. The average molecular weight is 299 g/mol. The summed E-state index contributed by atoms with van der Waals surface area (Å²) in [6, 6.07) is 6.03. The number of amides is 1. The van der Waals surface area contributed by atoms with Crippen LogP contribution in [0.2, 0.25) is 0 Å². The molecule has 1 rings (SSSR count). The molecule has 1 aromatic rings. The Bertz CT molecular complexity index is 536. The molecule has 0 saturated heterocycles. The summed E-state index contributed by atoms with van der Waals surface area (Å²) in [5, 5.41) is 2.72. The Morgan fingerprint density at radius 2 is 1.85 bits per heavy atom. The molecule has 1 atom stereocenters. The van der Waals surface area contributed by atoms with Crippen LogP contribution in [0.3, 0.4) is 0 Å². The standard InChI is InChI=1S/C13H21N3O3S/c1-3-10(9-14)13(17)16-11-5-7-12(8-6-11)20(18,19)15-4-2/h5-8,10,15H,3-4,9,14H2,1-2H3,(H,16,17). The van der Waals surface area contributed by atoms with Gasteiger partial charge in [-0.25, -0.2) is 13.1 Å². The lowest BCUT2D eigenvalue weighted by Crippen LogP contribution is -2.28. The second-order valence-corrected chi connectivity index (χ2v) is 6.12. The van der Waals surface area contributed by atoms with Gasteiger partial charge in [0.15, 0.2) is 0 Å². The highest BCUT2D eigenvalue weighted by Gasteiger charge is 2.15. The summed E-state index contributed by atoms with van der Waals surface area (Å²) in [4.78, 5) is 12.0. The van der Waals surface area contributed by atoms with Crippen molar-refractivity contribution < 1.29 is 13.2 Å². The van der Waals surface area contributed by atoms with Gasteiger partial charge < -0.3 is 11.1 Å². The van der Waals surface area contributed by atoms with E-state index in [1.807, 2.05) is 6.92 Å². The Hall–Kier alpha value is -1.44. The topological polar surface area (TPSA) is 101 Å². The van der Waals surface area contributed by atoms with Crippen LogP contribution in [-0.4, -0.2) is 27.4 Å². The second-order valence-electron chi connectivity index (χ2n) is 4.36. The van der Waals surface area contributed by atoms with Crippen molar-refractivity contribution in [1.82, 2.24) is 4.72 Å². The van der Waals surface area contributed by atoms with Gasteiger partial charge in [0.05, 0.1) is 10.8 Å². The first-order chi connectivity index (χ1) is 9.44. The van der Waals surface area contributed by atoms with E-state index in [1.165, 1.54) is 12.1 Å². The normalized spacial score (nSPS) is 12.9. The van der Waals surface area contributed by atoms with Gasteiger partial charge in [0.2, 0.25) is 15.9 Å². The molecule has 1 aromatic carbocycles. The summed E-state index contributed by atoms with van der Waals surface area (Å²) >= 11 is 0. The Morgan fingerprint density at radius 1 is 1.25 bits per heavy atom. The highest BCUT2D eigenvalue weighted by atomic mass is 32.2. The van der Waals surface area contributed by atoms with E-state index in [0.29, 0.717) is 18.7 Å². The van der Waals surface area contributed by atoms with Gasteiger partial charge in [0.1, 0.15) is 0 Å². The van der Waals surface area contributed by atoms with E-state index in [4.69, 9.17) is 5.73 Å². The van der Waals surface area contributed by atoms with Gasteiger partial charge in [0, 0.05) is 18.8 Å². The minimum atomic E-state index is -3.46. The number of anilines is 1. The van der Waals surface area contributed by atoms with Gasteiger partial charge in [-0.05, 0) is 30.7 Å². The number of benzene rings is 1. The van der Waals surface area contributed by atoms with Crippen molar-refractivity contribution in [3.8, 4) is 0 Å². The molecule has 0 aliphatic carbocycles. The molecule has 4 N–H and O–H groups in total. The fraction of sp³-hybridized carbons (Fsp3) is 0.462. The smallest absolute Gasteiger partial charge is 0.240 e. The molecule has 0 aliphatic rings. The average Bonchev–Trinajstić information content (AvgIpc) is 2.40. The van der Waals surface area contributed by atoms with Crippen molar-refractivity contribution in [2.24, 2.45) is 11.7 Å². The zero-order valence-corrected chi connectivity index (χ0v) is 12.5. The van der Waals surface area contributed by atoms with Gasteiger partial charge in [-0.1, -0.05) is 13.8 Å². The zero-order chi connectivity index (χ0) is 15.2. The third-order valence-electron chi connectivity index (χ3n) is 2.91. The first-order valence-corrected chi connectivity index (χ1v) is 8.03. The van der Waals surface area contributed by atoms with E-state index in [-0.39, 0.29) is 23.3 Å². The van der Waals surface area contributed by atoms with Crippen molar-refractivity contribution in [1.29, 1.82) is 0 Å². The third kappa shape index (κ3) is 4.29. The maximum Gasteiger partial charge on any atom is 0.240 e. The van der Waals surface area contributed by atoms with E-state index < -0.39 is 10.0 Å². The number of hydrogen-bond donors (Lipinski definition) is 3.